The molecular formula is C14H21N5O3. The molecule has 8 nitrogen and oxygen atoms in total. The summed E-state index contributed by atoms with van der Waals surface area (Å²) in [6.07, 6.45) is 5.96. The van der Waals surface area contributed by atoms with E-state index in [1.807, 2.05) is 0 Å². The SMILES string of the molecule is NCCC(=O)NC1CCC(NC(=O)c2cncnc2O)CC1. The summed E-state index contributed by atoms with van der Waals surface area (Å²) < 4.78 is 0. The van der Waals surface area contributed by atoms with Crippen LogP contribution < -0.4 is 16.4 Å². The van der Waals surface area contributed by atoms with E-state index in [0.717, 1.165) is 25.7 Å². The van der Waals surface area contributed by atoms with Crippen molar-refractivity contribution in [3.63, 3.8) is 0 Å². The molecule has 0 atom stereocenters. The third-order valence-corrected chi connectivity index (χ3v) is 3.73. The van der Waals surface area contributed by atoms with Crippen molar-refractivity contribution in [1.82, 2.24) is 20.6 Å². The smallest absolute Gasteiger partial charge is 0.258 e. The van der Waals surface area contributed by atoms with Crippen LogP contribution in [0.25, 0.3) is 0 Å². The van der Waals surface area contributed by atoms with Gasteiger partial charge in [0.2, 0.25) is 11.8 Å². The van der Waals surface area contributed by atoms with Gasteiger partial charge in [-0.05, 0) is 25.7 Å². The minimum Gasteiger partial charge on any atom is -0.493 e. The van der Waals surface area contributed by atoms with E-state index in [4.69, 9.17) is 5.73 Å². The predicted molar refractivity (Wildman–Crippen MR) is 79.0 cm³/mol. The van der Waals surface area contributed by atoms with Crippen LogP contribution in [0.5, 0.6) is 5.88 Å². The maximum absolute atomic E-state index is 12.0. The van der Waals surface area contributed by atoms with Gasteiger partial charge in [0.15, 0.2) is 0 Å². The Kier molecular flexibility index (Phi) is 5.65. The van der Waals surface area contributed by atoms with Gasteiger partial charge in [0.1, 0.15) is 11.9 Å². The van der Waals surface area contributed by atoms with Gasteiger partial charge in [-0.15, -0.1) is 0 Å². The highest BCUT2D eigenvalue weighted by atomic mass is 16.3. The highest BCUT2D eigenvalue weighted by Gasteiger charge is 2.24. The summed E-state index contributed by atoms with van der Waals surface area (Å²) >= 11 is 0. The van der Waals surface area contributed by atoms with Crippen LogP contribution in [0, 0.1) is 0 Å². The van der Waals surface area contributed by atoms with Crippen molar-refractivity contribution < 1.29 is 14.7 Å². The molecule has 1 aromatic heterocycles. The Bertz CT molecular complexity index is 529. The molecule has 2 amide bonds. The molecule has 1 heterocycles. The first-order valence-corrected chi connectivity index (χ1v) is 7.39. The van der Waals surface area contributed by atoms with Crippen molar-refractivity contribution in [2.24, 2.45) is 5.73 Å². The van der Waals surface area contributed by atoms with Crippen LogP contribution in [-0.2, 0) is 4.79 Å². The molecule has 0 saturated heterocycles. The first-order chi connectivity index (χ1) is 10.6. The van der Waals surface area contributed by atoms with Crippen LogP contribution in [0.3, 0.4) is 0 Å². The van der Waals surface area contributed by atoms with Crippen molar-refractivity contribution in [2.45, 2.75) is 44.2 Å². The van der Waals surface area contributed by atoms with Gasteiger partial charge in [0, 0.05) is 31.2 Å². The molecule has 1 saturated carbocycles. The molecule has 0 radical (unpaired) electrons. The van der Waals surface area contributed by atoms with E-state index >= 15 is 0 Å². The molecule has 0 spiro atoms. The largest absolute Gasteiger partial charge is 0.493 e. The Hall–Kier alpha value is -2.22. The number of nitrogens with one attached hydrogen (secondary N) is 2. The van der Waals surface area contributed by atoms with Crippen LogP contribution in [0.15, 0.2) is 12.5 Å². The maximum atomic E-state index is 12.0. The Balaban J connectivity index is 1.79. The molecule has 1 aromatic rings. The first kappa shape index (κ1) is 16.2. The van der Waals surface area contributed by atoms with E-state index < -0.39 is 0 Å². The van der Waals surface area contributed by atoms with Crippen LogP contribution >= 0.6 is 0 Å². The number of hydrogen-bond donors (Lipinski definition) is 4. The summed E-state index contributed by atoms with van der Waals surface area (Å²) in [6.45, 7) is 0.347. The second-order valence-electron chi connectivity index (χ2n) is 5.39. The lowest BCUT2D eigenvalue weighted by Crippen LogP contribution is -2.44. The van der Waals surface area contributed by atoms with E-state index in [1.54, 1.807) is 0 Å². The first-order valence-electron chi connectivity index (χ1n) is 7.39. The molecule has 22 heavy (non-hydrogen) atoms. The number of aromatic nitrogens is 2. The van der Waals surface area contributed by atoms with Gasteiger partial charge in [-0.2, -0.15) is 0 Å². The Morgan fingerprint density at radius 2 is 1.86 bits per heavy atom. The lowest BCUT2D eigenvalue weighted by Gasteiger charge is -2.29. The summed E-state index contributed by atoms with van der Waals surface area (Å²) in [5, 5.41) is 15.3. The monoisotopic (exact) mass is 307 g/mol. The summed E-state index contributed by atoms with van der Waals surface area (Å²) in [7, 11) is 0. The van der Waals surface area contributed by atoms with Crippen molar-refractivity contribution in [1.29, 1.82) is 0 Å². The van der Waals surface area contributed by atoms with Crippen LogP contribution in [0.1, 0.15) is 42.5 Å². The highest BCUT2D eigenvalue weighted by Crippen LogP contribution is 2.20. The molecule has 0 aromatic carbocycles. The van der Waals surface area contributed by atoms with Gasteiger partial charge in [-0.1, -0.05) is 0 Å². The number of hydrogen-bond acceptors (Lipinski definition) is 6. The zero-order valence-electron chi connectivity index (χ0n) is 12.3. The molecule has 0 aliphatic heterocycles. The third kappa shape index (κ3) is 4.39. The lowest BCUT2D eigenvalue weighted by molar-refractivity contribution is -0.121. The predicted octanol–water partition coefficient (Wildman–Crippen LogP) is -0.312. The summed E-state index contributed by atoms with van der Waals surface area (Å²) in [5.41, 5.74) is 5.41. The number of aromatic hydroxyl groups is 1. The quantitative estimate of drug-likeness (QED) is 0.590. The molecule has 120 valence electrons. The van der Waals surface area contributed by atoms with Gasteiger partial charge < -0.3 is 21.5 Å². The Morgan fingerprint density at radius 1 is 1.23 bits per heavy atom. The molecule has 0 unspecified atom stereocenters. The molecule has 1 fully saturated rings. The second kappa shape index (κ2) is 7.69. The number of amides is 2. The summed E-state index contributed by atoms with van der Waals surface area (Å²) in [6, 6.07) is 0.162. The summed E-state index contributed by atoms with van der Waals surface area (Å²) in [5.74, 6) is -0.731. The maximum Gasteiger partial charge on any atom is 0.258 e. The van der Waals surface area contributed by atoms with Crippen molar-refractivity contribution in [3.8, 4) is 5.88 Å². The number of rotatable bonds is 5. The molecule has 1 aliphatic carbocycles. The van der Waals surface area contributed by atoms with E-state index in [1.165, 1.54) is 12.5 Å². The van der Waals surface area contributed by atoms with E-state index in [0.29, 0.717) is 13.0 Å². The minimum absolute atomic E-state index is 0.0229. The molecule has 2 rings (SSSR count). The number of carbonyl (C=O) groups is 2. The average molecular weight is 307 g/mol. The van der Waals surface area contributed by atoms with E-state index in [2.05, 4.69) is 20.6 Å². The van der Waals surface area contributed by atoms with E-state index in [9.17, 15) is 14.7 Å². The molecular weight excluding hydrogens is 286 g/mol. The van der Waals surface area contributed by atoms with Crippen LogP contribution in [0.2, 0.25) is 0 Å². The lowest BCUT2D eigenvalue weighted by atomic mass is 9.91. The molecule has 1 aliphatic rings. The van der Waals surface area contributed by atoms with Gasteiger partial charge in [-0.25, -0.2) is 9.97 Å². The van der Waals surface area contributed by atoms with Crippen molar-refractivity contribution >= 4 is 11.8 Å². The fourth-order valence-corrected chi connectivity index (χ4v) is 2.56. The topological polar surface area (TPSA) is 130 Å². The molecule has 0 bridgehead atoms. The fourth-order valence-electron chi connectivity index (χ4n) is 2.56. The Morgan fingerprint density at radius 3 is 2.45 bits per heavy atom. The average Bonchev–Trinajstić information content (AvgIpc) is 2.50. The van der Waals surface area contributed by atoms with Crippen molar-refractivity contribution in [2.75, 3.05) is 6.54 Å². The van der Waals surface area contributed by atoms with Crippen LogP contribution in [0.4, 0.5) is 0 Å². The highest BCUT2D eigenvalue weighted by molar-refractivity contribution is 5.96. The van der Waals surface area contributed by atoms with Gasteiger partial charge in [-0.3, -0.25) is 9.59 Å². The second-order valence-corrected chi connectivity index (χ2v) is 5.39. The summed E-state index contributed by atoms with van der Waals surface area (Å²) in [4.78, 5) is 30.8. The number of carbonyl (C=O) groups excluding carboxylic acids is 2. The standard InChI is InChI=1S/C14H21N5O3/c15-6-5-12(20)18-9-1-3-10(4-2-9)19-14(22)11-7-16-8-17-13(11)21/h7-10H,1-6,15H2,(H,18,20)(H,19,22)(H,16,17,21). The Labute approximate surface area is 128 Å². The van der Waals surface area contributed by atoms with E-state index in [-0.39, 0.29) is 35.3 Å². The van der Waals surface area contributed by atoms with Crippen LogP contribution in [-0.4, -0.2) is 45.5 Å². The normalized spacial score (nSPS) is 21.1. The van der Waals surface area contributed by atoms with Gasteiger partial charge >= 0.3 is 0 Å². The molecule has 5 N–H and O–H groups in total. The zero-order valence-corrected chi connectivity index (χ0v) is 12.3. The van der Waals surface area contributed by atoms with Gasteiger partial charge in [0.05, 0.1) is 0 Å². The fraction of sp³-hybridized carbons (Fsp3) is 0.571. The molecule has 8 heteroatoms. The van der Waals surface area contributed by atoms with Gasteiger partial charge in [0.25, 0.3) is 5.91 Å². The zero-order chi connectivity index (χ0) is 15.9. The van der Waals surface area contributed by atoms with Crippen molar-refractivity contribution in [3.05, 3.63) is 18.1 Å². The minimum atomic E-state index is -0.381. The number of nitrogens with zero attached hydrogens (tertiary/aromatic N) is 2. The number of nitrogens with two attached hydrogens (primary N) is 1. The third-order valence-electron chi connectivity index (χ3n) is 3.73.